The summed E-state index contributed by atoms with van der Waals surface area (Å²) >= 11 is 1.49. The van der Waals surface area contributed by atoms with Crippen LogP contribution in [0, 0.1) is 0 Å². The molecule has 4 aromatic rings. The maximum atomic E-state index is 12.2. The van der Waals surface area contributed by atoms with E-state index in [-0.39, 0.29) is 24.6 Å². The maximum absolute atomic E-state index is 12.2. The van der Waals surface area contributed by atoms with Crippen LogP contribution in [-0.2, 0) is 17.9 Å². The van der Waals surface area contributed by atoms with Gasteiger partial charge in [0, 0.05) is 36.0 Å². The van der Waals surface area contributed by atoms with E-state index in [1.165, 1.54) is 20.4 Å². The molecule has 0 saturated carbocycles. The predicted octanol–water partition coefficient (Wildman–Crippen LogP) is 1.72. The van der Waals surface area contributed by atoms with E-state index in [2.05, 4.69) is 20.4 Å². The van der Waals surface area contributed by atoms with Gasteiger partial charge in [-0.2, -0.15) is 0 Å². The number of aromatic nitrogens is 5. The Bertz CT molecular complexity index is 1130. The second kappa shape index (κ2) is 7.50. The van der Waals surface area contributed by atoms with Gasteiger partial charge in [0.1, 0.15) is 5.01 Å². The van der Waals surface area contributed by atoms with Crippen LogP contribution in [-0.4, -0.2) is 30.1 Å². The van der Waals surface area contributed by atoms with Gasteiger partial charge in [-0.1, -0.05) is 6.07 Å². The first-order valence-electron chi connectivity index (χ1n) is 8.36. The molecule has 0 fully saturated rings. The highest BCUT2D eigenvalue weighted by atomic mass is 32.1. The Kier molecular flexibility index (Phi) is 4.75. The average molecular weight is 380 g/mol. The van der Waals surface area contributed by atoms with Gasteiger partial charge in [-0.25, -0.2) is 14.5 Å². The number of aryl methyl sites for hydroxylation is 1. The summed E-state index contributed by atoms with van der Waals surface area (Å²) in [6, 6.07) is 9.11. The molecular formula is C18H16N6O2S. The van der Waals surface area contributed by atoms with E-state index in [4.69, 9.17) is 0 Å². The van der Waals surface area contributed by atoms with Crippen molar-refractivity contribution in [1.29, 1.82) is 0 Å². The van der Waals surface area contributed by atoms with Crippen molar-refractivity contribution >= 4 is 22.9 Å². The largest absolute Gasteiger partial charge is 0.350 e. The molecule has 0 aliphatic rings. The van der Waals surface area contributed by atoms with E-state index < -0.39 is 0 Å². The highest BCUT2D eigenvalue weighted by molar-refractivity contribution is 7.09. The molecule has 0 spiro atoms. The smallest absolute Gasteiger partial charge is 0.350 e. The van der Waals surface area contributed by atoms with Crippen molar-refractivity contribution in [2.45, 2.75) is 19.5 Å². The summed E-state index contributed by atoms with van der Waals surface area (Å²) in [6.07, 6.45) is 5.27. The lowest BCUT2D eigenvalue weighted by molar-refractivity contribution is -0.121. The van der Waals surface area contributed by atoms with Crippen molar-refractivity contribution in [3.63, 3.8) is 0 Å². The van der Waals surface area contributed by atoms with E-state index in [1.807, 2.05) is 23.6 Å². The molecule has 136 valence electrons. The highest BCUT2D eigenvalue weighted by Crippen LogP contribution is 2.20. The van der Waals surface area contributed by atoms with Crippen LogP contribution in [0.1, 0.15) is 11.4 Å². The average Bonchev–Trinajstić information content (AvgIpc) is 3.31. The van der Waals surface area contributed by atoms with Crippen LogP contribution in [0.2, 0.25) is 0 Å². The SMILES string of the molecule is O=C(CCn1nc2ccccn2c1=O)NCc1nc(-c2ccncc2)cs1. The molecule has 27 heavy (non-hydrogen) atoms. The van der Waals surface area contributed by atoms with Crippen LogP contribution in [0.15, 0.2) is 59.1 Å². The number of fused-ring (bicyclic) bond motifs is 1. The number of rotatable bonds is 6. The molecule has 0 saturated heterocycles. The Morgan fingerprint density at radius 2 is 2.04 bits per heavy atom. The lowest BCUT2D eigenvalue weighted by Gasteiger charge is -2.02. The van der Waals surface area contributed by atoms with Crippen molar-refractivity contribution in [1.82, 2.24) is 29.5 Å². The number of nitrogens with one attached hydrogen (secondary N) is 1. The monoisotopic (exact) mass is 380 g/mol. The number of hydrogen-bond donors (Lipinski definition) is 1. The number of amides is 1. The molecule has 0 bridgehead atoms. The summed E-state index contributed by atoms with van der Waals surface area (Å²) in [4.78, 5) is 32.8. The van der Waals surface area contributed by atoms with Gasteiger partial charge in [0.2, 0.25) is 5.91 Å². The summed E-state index contributed by atoms with van der Waals surface area (Å²) in [5, 5.41) is 9.82. The molecule has 1 N–H and O–H groups in total. The molecule has 4 heterocycles. The van der Waals surface area contributed by atoms with Gasteiger partial charge >= 0.3 is 5.69 Å². The zero-order valence-electron chi connectivity index (χ0n) is 14.3. The molecule has 0 aromatic carbocycles. The van der Waals surface area contributed by atoms with Crippen molar-refractivity contribution < 1.29 is 4.79 Å². The summed E-state index contributed by atoms with van der Waals surface area (Å²) in [5.74, 6) is -0.153. The highest BCUT2D eigenvalue weighted by Gasteiger charge is 2.10. The predicted molar refractivity (Wildman–Crippen MR) is 101 cm³/mol. The molecule has 0 unspecified atom stereocenters. The lowest BCUT2D eigenvalue weighted by atomic mass is 10.2. The van der Waals surface area contributed by atoms with E-state index in [0.717, 1.165) is 16.3 Å². The third-order valence-corrected chi connectivity index (χ3v) is 4.85. The van der Waals surface area contributed by atoms with Gasteiger partial charge in [0.05, 0.1) is 18.8 Å². The third kappa shape index (κ3) is 3.77. The minimum absolute atomic E-state index is 0.153. The topological polar surface area (TPSA) is 94.2 Å². The van der Waals surface area contributed by atoms with Crippen LogP contribution in [0.5, 0.6) is 0 Å². The molecule has 4 rings (SSSR count). The van der Waals surface area contributed by atoms with Crippen LogP contribution in [0.3, 0.4) is 0 Å². The Hall–Kier alpha value is -3.33. The summed E-state index contributed by atoms with van der Waals surface area (Å²) in [7, 11) is 0. The fourth-order valence-electron chi connectivity index (χ4n) is 2.63. The van der Waals surface area contributed by atoms with E-state index in [9.17, 15) is 9.59 Å². The second-order valence-electron chi connectivity index (χ2n) is 5.82. The standard InChI is InChI=1S/C18H16N6O2S/c25-16(6-10-24-18(26)23-9-2-1-3-15(23)22-24)20-11-17-21-14(12-27-17)13-4-7-19-8-5-13/h1-5,7-9,12H,6,10-11H2,(H,20,25). The number of carbonyl (C=O) groups excluding carboxylic acids is 1. The summed E-state index contributed by atoms with van der Waals surface area (Å²) in [5.41, 5.74) is 2.17. The van der Waals surface area contributed by atoms with Crippen molar-refractivity contribution in [3.05, 3.63) is 69.8 Å². The number of carbonyl (C=O) groups is 1. The molecule has 8 nitrogen and oxygen atoms in total. The summed E-state index contributed by atoms with van der Waals surface area (Å²) in [6.45, 7) is 0.584. The number of pyridine rings is 2. The van der Waals surface area contributed by atoms with Crippen LogP contribution >= 0.6 is 11.3 Å². The fraction of sp³-hybridized carbons (Fsp3) is 0.167. The van der Waals surface area contributed by atoms with Crippen LogP contribution < -0.4 is 11.0 Å². The van der Waals surface area contributed by atoms with E-state index in [0.29, 0.717) is 12.2 Å². The normalized spacial score (nSPS) is 11.0. The first-order chi connectivity index (χ1) is 13.2. The maximum Gasteiger partial charge on any atom is 0.350 e. The fourth-order valence-corrected chi connectivity index (χ4v) is 3.37. The molecular weight excluding hydrogens is 364 g/mol. The third-order valence-electron chi connectivity index (χ3n) is 4.00. The Morgan fingerprint density at radius 3 is 2.85 bits per heavy atom. The van der Waals surface area contributed by atoms with Crippen molar-refractivity contribution in [2.75, 3.05) is 0 Å². The first-order valence-corrected chi connectivity index (χ1v) is 9.24. The number of hydrogen-bond acceptors (Lipinski definition) is 6. The minimum Gasteiger partial charge on any atom is -0.350 e. The van der Waals surface area contributed by atoms with Gasteiger partial charge in [-0.3, -0.25) is 14.2 Å². The number of thiazole rings is 1. The Morgan fingerprint density at radius 1 is 1.19 bits per heavy atom. The molecule has 0 radical (unpaired) electrons. The van der Waals surface area contributed by atoms with Gasteiger partial charge < -0.3 is 5.32 Å². The zero-order valence-corrected chi connectivity index (χ0v) is 15.1. The Balaban J connectivity index is 1.33. The molecule has 0 atom stereocenters. The number of nitrogens with zero attached hydrogens (tertiary/aromatic N) is 5. The van der Waals surface area contributed by atoms with Gasteiger partial charge in [0.25, 0.3) is 0 Å². The van der Waals surface area contributed by atoms with Gasteiger partial charge in [-0.15, -0.1) is 16.4 Å². The molecule has 0 aliphatic heterocycles. The molecule has 0 aliphatic carbocycles. The molecule has 4 aromatic heterocycles. The minimum atomic E-state index is -0.250. The van der Waals surface area contributed by atoms with Gasteiger partial charge in [0.15, 0.2) is 5.65 Å². The van der Waals surface area contributed by atoms with Gasteiger partial charge in [-0.05, 0) is 24.3 Å². The summed E-state index contributed by atoms with van der Waals surface area (Å²) < 4.78 is 2.76. The zero-order chi connectivity index (χ0) is 18.6. The second-order valence-corrected chi connectivity index (χ2v) is 6.77. The lowest BCUT2D eigenvalue weighted by Crippen LogP contribution is -2.27. The first kappa shape index (κ1) is 17.1. The quantitative estimate of drug-likeness (QED) is 0.550. The van der Waals surface area contributed by atoms with Crippen LogP contribution in [0.4, 0.5) is 0 Å². The van der Waals surface area contributed by atoms with Crippen LogP contribution in [0.25, 0.3) is 16.9 Å². The van der Waals surface area contributed by atoms with E-state index in [1.54, 1.807) is 30.7 Å². The molecule has 9 heteroatoms. The van der Waals surface area contributed by atoms with Crippen molar-refractivity contribution in [2.24, 2.45) is 0 Å². The Labute approximate surface area is 158 Å². The van der Waals surface area contributed by atoms with E-state index >= 15 is 0 Å². The van der Waals surface area contributed by atoms with Crippen molar-refractivity contribution in [3.8, 4) is 11.3 Å². The molecule has 1 amide bonds.